The van der Waals surface area contributed by atoms with Gasteiger partial charge in [0.1, 0.15) is 0 Å². The molecule has 0 saturated heterocycles. The number of amides is 1. The number of hydrogen-bond acceptors (Lipinski definition) is 4. The zero-order valence-electron chi connectivity index (χ0n) is 8.11. The van der Waals surface area contributed by atoms with Crippen LogP contribution in [0.3, 0.4) is 0 Å². The van der Waals surface area contributed by atoms with E-state index in [1.54, 1.807) is 29.8 Å². The molecular formula is C10H8ClN3OS. The Balaban J connectivity index is 2.28. The van der Waals surface area contributed by atoms with Crippen LogP contribution in [0.1, 0.15) is 10.4 Å². The average molecular weight is 254 g/mol. The maximum Gasteiger partial charge on any atom is 0.261 e. The van der Waals surface area contributed by atoms with Gasteiger partial charge in [-0.1, -0.05) is 17.7 Å². The van der Waals surface area contributed by atoms with E-state index in [1.807, 2.05) is 0 Å². The van der Waals surface area contributed by atoms with Crippen LogP contribution in [0.15, 0.2) is 29.8 Å². The molecular weight excluding hydrogens is 246 g/mol. The summed E-state index contributed by atoms with van der Waals surface area (Å²) in [5, 5.41) is 5.24. The third kappa shape index (κ3) is 2.15. The Hall–Kier alpha value is -1.59. The van der Waals surface area contributed by atoms with Crippen molar-refractivity contribution in [3.63, 3.8) is 0 Å². The summed E-state index contributed by atoms with van der Waals surface area (Å²) >= 11 is 7.24. The normalized spacial score (nSPS) is 10.1. The lowest BCUT2D eigenvalue weighted by Crippen LogP contribution is -2.14. The number of hydrogen-bond donors (Lipinski definition) is 2. The molecule has 1 aromatic heterocycles. The fourth-order valence-corrected chi connectivity index (χ4v) is 2.02. The van der Waals surface area contributed by atoms with Crippen LogP contribution in [0.2, 0.25) is 5.02 Å². The first-order chi connectivity index (χ1) is 7.68. The molecule has 1 aromatic carbocycles. The van der Waals surface area contributed by atoms with E-state index in [2.05, 4.69) is 10.3 Å². The first-order valence-electron chi connectivity index (χ1n) is 4.43. The van der Waals surface area contributed by atoms with E-state index >= 15 is 0 Å². The number of carbonyl (C=O) groups is 1. The second kappa shape index (κ2) is 4.51. The van der Waals surface area contributed by atoms with Gasteiger partial charge in [0, 0.05) is 17.3 Å². The van der Waals surface area contributed by atoms with Crippen LogP contribution < -0.4 is 11.1 Å². The number of nitrogens with two attached hydrogens (primary N) is 1. The highest BCUT2D eigenvalue weighted by Gasteiger charge is 2.14. The minimum atomic E-state index is -0.349. The van der Waals surface area contributed by atoms with Gasteiger partial charge in [-0.2, -0.15) is 0 Å². The SMILES string of the molecule is Nc1cccc(Cl)c1C(=O)Nc1nccs1. The van der Waals surface area contributed by atoms with E-state index in [0.717, 1.165) is 0 Å². The summed E-state index contributed by atoms with van der Waals surface area (Å²) in [7, 11) is 0. The molecule has 1 heterocycles. The van der Waals surface area contributed by atoms with E-state index in [1.165, 1.54) is 11.3 Å². The van der Waals surface area contributed by atoms with Gasteiger partial charge in [0.25, 0.3) is 5.91 Å². The van der Waals surface area contributed by atoms with Gasteiger partial charge in [-0.05, 0) is 12.1 Å². The summed E-state index contributed by atoms with van der Waals surface area (Å²) in [5.74, 6) is -0.349. The summed E-state index contributed by atoms with van der Waals surface area (Å²) in [5.41, 5.74) is 6.31. The quantitative estimate of drug-likeness (QED) is 0.809. The molecule has 0 unspecified atom stereocenters. The van der Waals surface area contributed by atoms with Crippen molar-refractivity contribution in [3.8, 4) is 0 Å². The molecule has 1 amide bonds. The molecule has 0 spiro atoms. The lowest BCUT2D eigenvalue weighted by molar-refractivity contribution is 0.102. The number of anilines is 2. The summed E-state index contributed by atoms with van der Waals surface area (Å²) < 4.78 is 0. The molecule has 3 N–H and O–H groups in total. The second-order valence-electron chi connectivity index (χ2n) is 3.00. The van der Waals surface area contributed by atoms with E-state index in [9.17, 15) is 4.79 Å². The van der Waals surface area contributed by atoms with Gasteiger partial charge in [0.2, 0.25) is 0 Å². The van der Waals surface area contributed by atoms with Crippen LogP contribution in [-0.2, 0) is 0 Å². The van der Waals surface area contributed by atoms with Crippen molar-refractivity contribution < 1.29 is 4.79 Å². The van der Waals surface area contributed by atoms with Gasteiger partial charge in [0.15, 0.2) is 5.13 Å². The molecule has 2 rings (SSSR count). The molecule has 2 aromatic rings. The van der Waals surface area contributed by atoms with Gasteiger partial charge in [-0.15, -0.1) is 11.3 Å². The Bertz CT molecular complexity index is 493. The van der Waals surface area contributed by atoms with Crippen molar-refractivity contribution >= 4 is 39.7 Å². The van der Waals surface area contributed by atoms with Crippen LogP contribution in [0.5, 0.6) is 0 Å². The zero-order chi connectivity index (χ0) is 11.5. The number of thiazole rings is 1. The monoisotopic (exact) mass is 253 g/mol. The highest BCUT2D eigenvalue weighted by Crippen LogP contribution is 2.23. The molecule has 0 aliphatic heterocycles. The van der Waals surface area contributed by atoms with Gasteiger partial charge in [-0.25, -0.2) is 4.98 Å². The Labute approximate surface area is 101 Å². The Kier molecular flexibility index (Phi) is 3.07. The van der Waals surface area contributed by atoms with Gasteiger partial charge < -0.3 is 5.73 Å². The first-order valence-corrected chi connectivity index (χ1v) is 5.69. The number of halogens is 1. The molecule has 0 aliphatic carbocycles. The standard InChI is InChI=1S/C10H8ClN3OS/c11-6-2-1-3-7(12)8(6)9(15)14-10-13-4-5-16-10/h1-5H,12H2,(H,13,14,15). The number of nitrogen functional groups attached to an aromatic ring is 1. The average Bonchev–Trinajstić information content (AvgIpc) is 2.70. The predicted octanol–water partition coefficient (Wildman–Crippen LogP) is 2.63. The number of benzene rings is 1. The molecule has 0 fully saturated rings. The Morgan fingerprint density at radius 3 is 2.94 bits per heavy atom. The van der Waals surface area contributed by atoms with Crippen LogP contribution in [0, 0.1) is 0 Å². The van der Waals surface area contributed by atoms with Crippen molar-refractivity contribution in [1.82, 2.24) is 4.98 Å². The smallest absolute Gasteiger partial charge is 0.261 e. The number of nitrogens with zero attached hydrogens (tertiary/aromatic N) is 1. The molecule has 0 saturated carbocycles. The molecule has 0 radical (unpaired) electrons. The van der Waals surface area contributed by atoms with Gasteiger partial charge in [0.05, 0.1) is 10.6 Å². The van der Waals surface area contributed by atoms with E-state index in [-0.39, 0.29) is 11.5 Å². The first kappa shape index (κ1) is 10.9. The zero-order valence-corrected chi connectivity index (χ0v) is 9.68. The van der Waals surface area contributed by atoms with Crippen LogP contribution in [0.4, 0.5) is 10.8 Å². The second-order valence-corrected chi connectivity index (χ2v) is 4.30. The van der Waals surface area contributed by atoms with Crippen molar-refractivity contribution in [2.24, 2.45) is 0 Å². The van der Waals surface area contributed by atoms with Gasteiger partial charge in [-0.3, -0.25) is 10.1 Å². The summed E-state index contributed by atoms with van der Waals surface area (Å²) in [6, 6.07) is 4.94. The highest BCUT2D eigenvalue weighted by atomic mass is 35.5. The summed E-state index contributed by atoms with van der Waals surface area (Å²) in [4.78, 5) is 15.8. The molecule has 0 aliphatic rings. The Morgan fingerprint density at radius 2 is 2.31 bits per heavy atom. The van der Waals surface area contributed by atoms with Crippen LogP contribution >= 0.6 is 22.9 Å². The van der Waals surface area contributed by atoms with Crippen molar-refractivity contribution in [2.45, 2.75) is 0 Å². The number of rotatable bonds is 2. The van der Waals surface area contributed by atoms with E-state index in [4.69, 9.17) is 17.3 Å². The van der Waals surface area contributed by atoms with Crippen LogP contribution in [0.25, 0.3) is 0 Å². The minimum Gasteiger partial charge on any atom is -0.398 e. The Morgan fingerprint density at radius 1 is 1.50 bits per heavy atom. The summed E-state index contributed by atoms with van der Waals surface area (Å²) in [6.07, 6.45) is 1.61. The lowest BCUT2D eigenvalue weighted by Gasteiger charge is -2.06. The topological polar surface area (TPSA) is 68.0 Å². The fourth-order valence-electron chi connectivity index (χ4n) is 1.23. The predicted molar refractivity (Wildman–Crippen MR) is 65.9 cm³/mol. The third-order valence-corrected chi connectivity index (χ3v) is 2.93. The molecule has 0 atom stereocenters. The maximum absolute atomic E-state index is 11.8. The molecule has 82 valence electrons. The lowest BCUT2D eigenvalue weighted by atomic mass is 10.1. The van der Waals surface area contributed by atoms with E-state index < -0.39 is 0 Å². The largest absolute Gasteiger partial charge is 0.398 e. The maximum atomic E-state index is 11.8. The molecule has 6 heteroatoms. The molecule has 4 nitrogen and oxygen atoms in total. The van der Waals surface area contributed by atoms with Crippen molar-refractivity contribution in [1.29, 1.82) is 0 Å². The number of nitrogens with one attached hydrogen (secondary N) is 1. The highest BCUT2D eigenvalue weighted by molar-refractivity contribution is 7.13. The summed E-state index contributed by atoms with van der Waals surface area (Å²) in [6.45, 7) is 0. The number of aromatic nitrogens is 1. The number of carbonyl (C=O) groups excluding carboxylic acids is 1. The fraction of sp³-hybridized carbons (Fsp3) is 0. The third-order valence-electron chi connectivity index (χ3n) is 1.93. The van der Waals surface area contributed by atoms with Crippen LogP contribution in [-0.4, -0.2) is 10.9 Å². The van der Waals surface area contributed by atoms with Crippen molar-refractivity contribution in [2.75, 3.05) is 11.1 Å². The van der Waals surface area contributed by atoms with E-state index in [0.29, 0.717) is 15.8 Å². The van der Waals surface area contributed by atoms with Crippen molar-refractivity contribution in [3.05, 3.63) is 40.4 Å². The minimum absolute atomic E-state index is 0.277. The molecule has 16 heavy (non-hydrogen) atoms. The molecule has 0 bridgehead atoms. The van der Waals surface area contributed by atoms with Gasteiger partial charge >= 0.3 is 0 Å².